The number of nitrogens with zero attached hydrogens (tertiary/aromatic N) is 2. The molecule has 6 heteroatoms. The molecule has 0 aliphatic carbocycles. The van der Waals surface area contributed by atoms with Crippen molar-refractivity contribution in [1.29, 1.82) is 5.26 Å². The molecule has 5 nitrogen and oxygen atoms in total. The Labute approximate surface area is 112 Å². The quantitative estimate of drug-likeness (QED) is 0.586. The molecule has 0 bridgehead atoms. The van der Waals surface area contributed by atoms with Gasteiger partial charge in [-0.25, -0.2) is 0 Å². The molecule has 1 aromatic heterocycles. The van der Waals surface area contributed by atoms with Gasteiger partial charge in [0.2, 0.25) is 0 Å². The van der Waals surface area contributed by atoms with Crippen LogP contribution in [-0.2, 0) is 9.31 Å². The summed E-state index contributed by atoms with van der Waals surface area (Å²) in [6, 6.07) is 5.01. The predicted octanol–water partition coefficient (Wildman–Crippen LogP) is 1.06. The van der Waals surface area contributed by atoms with Gasteiger partial charge in [0.1, 0.15) is 5.69 Å². The fraction of sp³-hybridized carbons (Fsp3) is 0.462. The zero-order valence-electron chi connectivity index (χ0n) is 11.4. The third-order valence-electron chi connectivity index (χ3n) is 3.61. The van der Waals surface area contributed by atoms with E-state index in [0.717, 1.165) is 0 Å². The number of hydrogen-bond acceptors (Lipinski definition) is 5. The lowest BCUT2D eigenvalue weighted by Crippen LogP contribution is -2.41. The molecular formula is C13H15BN2O3. The van der Waals surface area contributed by atoms with E-state index in [9.17, 15) is 4.79 Å². The Hall–Kier alpha value is -1.71. The van der Waals surface area contributed by atoms with Crippen molar-refractivity contribution in [3.63, 3.8) is 0 Å². The second-order valence-electron chi connectivity index (χ2n) is 5.52. The molecule has 0 atom stereocenters. The zero-order valence-corrected chi connectivity index (χ0v) is 11.4. The highest BCUT2D eigenvalue weighted by atomic mass is 16.7. The van der Waals surface area contributed by atoms with Crippen LogP contribution >= 0.6 is 0 Å². The van der Waals surface area contributed by atoms with Gasteiger partial charge in [-0.2, -0.15) is 5.26 Å². The van der Waals surface area contributed by atoms with Crippen LogP contribution in [0.5, 0.6) is 0 Å². The number of rotatable bonds is 2. The molecule has 0 saturated carbocycles. The van der Waals surface area contributed by atoms with Gasteiger partial charge in [-0.3, -0.25) is 9.78 Å². The molecule has 2 rings (SSSR count). The second-order valence-corrected chi connectivity index (χ2v) is 5.52. The van der Waals surface area contributed by atoms with Crippen LogP contribution in [-0.4, -0.2) is 29.6 Å². The predicted molar refractivity (Wildman–Crippen MR) is 70.1 cm³/mol. The SMILES string of the molecule is CC1(C)OB(c2cc(C#N)cc(C=O)n2)OC1(C)C. The molecule has 0 amide bonds. The maximum absolute atomic E-state index is 10.8. The highest BCUT2D eigenvalue weighted by Gasteiger charge is 2.52. The van der Waals surface area contributed by atoms with E-state index in [4.69, 9.17) is 14.6 Å². The molecule has 1 aliphatic rings. The summed E-state index contributed by atoms with van der Waals surface area (Å²) in [5.41, 5.74) is 0.0394. The third kappa shape index (κ3) is 2.39. The van der Waals surface area contributed by atoms with Crippen molar-refractivity contribution in [1.82, 2.24) is 4.98 Å². The molecule has 1 fully saturated rings. The summed E-state index contributed by atoms with van der Waals surface area (Å²) in [4.78, 5) is 15.0. The lowest BCUT2D eigenvalue weighted by atomic mass is 9.83. The van der Waals surface area contributed by atoms with Gasteiger partial charge < -0.3 is 9.31 Å². The van der Waals surface area contributed by atoms with Crippen molar-refractivity contribution >= 4 is 19.0 Å². The standard InChI is InChI=1S/C13H15BN2O3/c1-12(2)13(3,4)19-14(18-12)11-6-9(7-15)5-10(8-17)16-11/h5-6,8H,1-4H3. The molecule has 0 radical (unpaired) electrons. The highest BCUT2D eigenvalue weighted by molar-refractivity contribution is 6.61. The number of hydrogen-bond donors (Lipinski definition) is 0. The van der Waals surface area contributed by atoms with Gasteiger partial charge in [0.15, 0.2) is 6.29 Å². The van der Waals surface area contributed by atoms with Gasteiger partial charge in [-0.15, -0.1) is 0 Å². The maximum atomic E-state index is 10.8. The number of nitriles is 1. The molecule has 0 unspecified atom stereocenters. The molecule has 1 saturated heterocycles. The molecule has 1 aliphatic heterocycles. The average molecular weight is 258 g/mol. The van der Waals surface area contributed by atoms with Crippen LogP contribution in [0.3, 0.4) is 0 Å². The summed E-state index contributed by atoms with van der Waals surface area (Å²) < 4.78 is 11.7. The Balaban J connectivity index is 2.39. The fourth-order valence-electron chi connectivity index (χ4n) is 1.78. The van der Waals surface area contributed by atoms with Gasteiger partial charge in [0.05, 0.1) is 28.4 Å². The van der Waals surface area contributed by atoms with E-state index >= 15 is 0 Å². The van der Waals surface area contributed by atoms with Crippen LogP contribution in [0, 0.1) is 11.3 Å². The lowest BCUT2D eigenvalue weighted by Gasteiger charge is -2.32. The summed E-state index contributed by atoms with van der Waals surface area (Å²) >= 11 is 0. The van der Waals surface area contributed by atoms with Gasteiger partial charge >= 0.3 is 7.12 Å². The summed E-state index contributed by atoms with van der Waals surface area (Å²) in [5, 5.41) is 8.95. The minimum Gasteiger partial charge on any atom is -0.398 e. The average Bonchev–Trinajstić information content (AvgIpc) is 2.58. The van der Waals surface area contributed by atoms with Gasteiger partial charge in [0.25, 0.3) is 0 Å². The molecule has 0 spiro atoms. The Morgan fingerprint density at radius 1 is 1.26 bits per heavy atom. The fourth-order valence-corrected chi connectivity index (χ4v) is 1.78. The highest BCUT2D eigenvalue weighted by Crippen LogP contribution is 2.36. The summed E-state index contributed by atoms with van der Waals surface area (Å²) in [7, 11) is -0.669. The minimum atomic E-state index is -0.669. The normalized spacial score (nSPS) is 20.1. The number of pyridine rings is 1. The zero-order chi connectivity index (χ0) is 14.3. The third-order valence-corrected chi connectivity index (χ3v) is 3.61. The van der Waals surface area contributed by atoms with Crippen LogP contribution < -0.4 is 5.59 Å². The Bertz CT molecular complexity index is 547. The molecule has 98 valence electrons. The van der Waals surface area contributed by atoms with Gasteiger partial charge in [-0.1, -0.05) is 0 Å². The summed E-state index contributed by atoms with van der Waals surface area (Å²) in [5.74, 6) is 0. The Morgan fingerprint density at radius 3 is 2.32 bits per heavy atom. The Morgan fingerprint density at radius 2 is 1.84 bits per heavy atom. The number of aromatic nitrogens is 1. The van der Waals surface area contributed by atoms with Crippen LogP contribution in [0.2, 0.25) is 0 Å². The van der Waals surface area contributed by atoms with Crippen molar-refractivity contribution in [2.24, 2.45) is 0 Å². The van der Waals surface area contributed by atoms with Gasteiger partial charge in [-0.05, 0) is 39.8 Å². The van der Waals surface area contributed by atoms with E-state index in [1.807, 2.05) is 33.8 Å². The topological polar surface area (TPSA) is 72.2 Å². The van der Waals surface area contributed by atoms with Crippen molar-refractivity contribution in [3.05, 3.63) is 23.4 Å². The van der Waals surface area contributed by atoms with Crippen molar-refractivity contribution in [2.45, 2.75) is 38.9 Å². The molecule has 1 aromatic rings. The second kappa shape index (κ2) is 4.44. The van der Waals surface area contributed by atoms with Crippen LogP contribution in [0.1, 0.15) is 43.7 Å². The largest absolute Gasteiger partial charge is 0.514 e. The summed E-state index contributed by atoms with van der Waals surface area (Å²) in [6.45, 7) is 7.73. The monoisotopic (exact) mass is 258 g/mol. The van der Waals surface area contributed by atoms with E-state index < -0.39 is 18.3 Å². The van der Waals surface area contributed by atoms with E-state index in [2.05, 4.69) is 4.98 Å². The first-order valence-corrected chi connectivity index (χ1v) is 6.02. The van der Waals surface area contributed by atoms with E-state index in [0.29, 0.717) is 17.4 Å². The van der Waals surface area contributed by atoms with Crippen LogP contribution in [0.4, 0.5) is 0 Å². The first-order valence-electron chi connectivity index (χ1n) is 6.02. The van der Waals surface area contributed by atoms with E-state index in [1.54, 1.807) is 6.07 Å². The molecule has 0 N–H and O–H groups in total. The first kappa shape index (κ1) is 13.7. The lowest BCUT2D eigenvalue weighted by molar-refractivity contribution is 0.00578. The van der Waals surface area contributed by atoms with Crippen molar-refractivity contribution in [2.75, 3.05) is 0 Å². The van der Waals surface area contributed by atoms with E-state index in [-0.39, 0.29) is 5.69 Å². The van der Waals surface area contributed by atoms with Crippen molar-refractivity contribution < 1.29 is 14.1 Å². The first-order chi connectivity index (χ1) is 8.79. The molecular weight excluding hydrogens is 243 g/mol. The maximum Gasteiger partial charge on any atom is 0.514 e. The molecule has 19 heavy (non-hydrogen) atoms. The molecule has 0 aromatic carbocycles. The van der Waals surface area contributed by atoms with Crippen molar-refractivity contribution in [3.8, 4) is 6.07 Å². The summed E-state index contributed by atoms with van der Waals surface area (Å²) in [6.07, 6.45) is 0.607. The van der Waals surface area contributed by atoms with Crippen LogP contribution in [0.25, 0.3) is 0 Å². The smallest absolute Gasteiger partial charge is 0.398 e. The number of aldehydes is 1. The number of carbonyl (C=O) groups excluding carboxylic acids is 1. The van der Waals surface area contributed by atoms with Gasteiger partial charge in [0, 0.05) is 0 Å². The minimum absolute atomic E-state index is 0.198. The Kier molecular flexibility index (Phi) is 3.21. The van der Waals surface area contributed by atoms with E-state index in [1.165, 1.54) is 6.07 Å². The number of carbonyl (C=O) groups is 1. The van der Waals surface area contributed by atoms with Crippen LogP contribution in [0.15, 0.2) is 12.1 Å². The molecule has 2 heterocycles.